The van der Waals surface area contributed by atoms with Crippen molar-refractivity contribution in [1.29, 1.82) is 0 Å². The van der Waals surface area contributed by atoms with Crippen molar-refractivity contribution in [2.45, 2.75) is 118 Å². The molecular weight excluding hydrogens is 380 g/mol. The van der Waals surface area contributed by atoms with Gasteiger partial charge in [-0.25, -0.2) is 0 Å². The summed E-state index contributed by atoms with van der Waals surface area (Å²) >= 11 is 0. The number of rotatable bonds is 5. The van der Waals surface area contributed by atoms with Crippen LogP contribution in [0.2, 0.25) is 0 Å². The highest BCUT2D eigenvalue weighted by Gasteiger charge is 2.58. The van der Waals surface area contributed by atoms with Gasteiger partial charge in [-0.2, -0.15) is 0 Å². The summed E-state index contributed by atoms with van der Waals surface area (Å²) in [5.41, 5.74) is 5.13. The van der Waals surface area contributed by atoms with E-state index in [2.05, 4.69) is 54.5 Å². The summed E-state index contributed by atoms with van der Waals surface area (Å²) < 4.78 is 0. The fourth-order valence-corrected chi connectivity index (χ4v) is 8.75. The average Bonchev–Trinajstić information content (AvgIpc) is 2.95. The van der Waals surface area contributed by atoms with Crippen LogP contribution >= 0.6 is 0 Å². The van der Waals surface area contributed by atoms with Crippen molar-refractivity contribution in [3.63, 3.8) is 0 Å². The molecule has 2 N–H and O–H groups in total. The smallest absolute Gasteiger partial charge is 0.0766 e. The van der Waals surface area contributed by atoms with E-state index in [0.29, 0.717) is 17.8 Å². The highest BCUT2D eigenvalue weighted by Crippen LogP contribution is 2.66. The molecule has 0 aromatic carbocycles. The van der Waals surface area contributed by atoms with Gasteiger partial charge in [0, 0.05) is 5.92 Å². The minimum Gasteiger partial charge on any atom is -0.393 e. The predicted molar refractivity (Wildman–Crippen MR) is 130 cm³/mol. The summed E-state index contributed by atoms with van der Waals surface area (Å²) in [5.74, 6) is 2.25. The monoisotopic (exact) mass is 428 g/mol. The molecule has 0 aromatic heterocycles. The normalized spacial score (nSPS) is 42.7. The van der Waals surface area contributed by atoms with Crippen molar-refractivity contribution in [2.24, 2.45) is 39.9 Å². The highest BCUT2D eigenvalue weighted by atomic mass is 16.3. The summed E-state index contributed by atoms with van der Waals surface area (Å²) in [6, 6.07) is 0. The van der Waals surface area contributed by atoms with Gasteiger partial charge in [-0.15, -0.1) is 0 Å². The SMILES string of the molecule is CC(C)CCC[C@@H](C)[C@H]1[C@@H](O)C=C2C3=C(CC[C@@]21C)[C@@]1(C)CC[C@H](O)C(C)(C)[C@@H]1CC3. The molecule has 1 fully saturated rings. The van der Waals surface area contributed by atoms with E-state index in [1.165, 1.54) is 44.1 Å². The average molecular weight is 429 g/mol. The number of aliphatic hydroxyl groups excluding tert-OH is 2. The quantitative estimate of drug-likeness (QED) is 0.492. The second kappa shape index (κ2) is 8.01. The fourth-order valence-electron chi connectivity index (χ4n) is 8.75. The molecule has 176 valence electrons. The lowest BCUT2D eigenvalue weighted by molar-refractivity contribution is -0.0907. The molecule has 7 atom stereocenters. The summed E-state index contributed by atoms with van der Waals surface area (Å²) in [7, 11) is 0. The Labute approximate surface area is 191 Å². The third kappa shape index (κ3) is 3.59. The maximum absolute atomic E-state index is 11.2. The maximum atomic E-state index is 11.2. The second-order valence-corrected chi connectivity index (χ2v) is 13.2. The Morgan fingerprint density at radius 1 is 0.935 bits per heavy atom. The Morgan fingerprint density at radius 2 is 1.65 bits per heavy atom. The number of aliphatic hydroxyl groups is 2. The molecule has 0 amide bonds. The van der Waals surface area contributed by atoms with Crippen LogP contribution in [-0.4, -0.2) is 22.4 Å². The Balaban J connectivity index is 1.63. The molecule has 0 spiro atoms. The molecule has 2 nitrogen and oxygen atoms in total. The van der Waals surface area contributed by atoms with E-state index < -0.39 is 0 Å². The minimum atomic E-state index is -0.295. The van der Waals surface area contributed by atoms with Crippen LogP contribution in [0.1, 0.15) is 106 Å². The van der Waals surface area contributed by atoms with Crippen molar-refractivity contribution in [3.05, 3.63) is 22.8 Å². The lowest BCUT2D eigenvalue weighted by Crippen LogP contribution is -2.53. The van der Waals surface area contributed by atoms with E-state index >= 15 is 0 Å². The van der Waals surface area contributed by atoms with E-state index in [1.54, 1.807) is 11.1 Å². The molecule has 0 aromatic rings. The van der Waals surface area contributed by atoms with Gasteiger partial charge in [0.15, 0.2) is 0 Å². The van der Waals surface area contributed by atoms with Gasteiger partial charge in [-0.3, -0.25) is 0 Å². The molecule has 1 saturated carbocycles. The Hall–Kier alpha value is -0.600. The van der Waals surface area contributed by atoms with Crippen molar-refractivity contribution in [1.82, 2.24) is 0 Å². The first-order valence-corrected chi connectivity index (χ1v) is 13.2. The van der Waals surface area contributed by atoms with E-state index in [0.717, 1.165) is 25.2 Å². The predicted octanol–water partition coefficient (Wildman–Crippen LogP) is 7.06. The number of allylic oxidation sites excluding steroid dienone is 3. The molecule has 4 rings (SSSR count). The molecular formula is C29H48O2. The zero-order chi connectivity index (χ0) is 22.8. The highest BCUT2D eigenvalue weighted by molar-refractivity contribution is 5.50. The van der Waals surface area contributed by atoms with E-state index in [9.17, 15) is 10.2 Å². The van der Waals surface area contributed by atoms with Gasteiger partial charge in [0.2, 0.25) is 0 Å². The largest absolute Gasteiger partial charge is 0.393 e. The van der Waals surface area contributed by atoms with Crippen LogP contribution in [0, 0.1) is 39.9 Å². The molecule has 0 aliphatic heterocycles. The minimum absolute atomic E-state index is 0.0106. The van der Waals surface area contributed by atoms with Crippen LogP contribution in [0.4, 0.5) is 0 Å². The van der Waals surface area contributed by atoms with Crippen molar-refractivity contribution < 1.29 is 10.2 Å². The summed E-state index contributed by atoms with van der Waals surface area (Å²) in [5, 5.41) is 22.0. The molecule has 0 heterocycles. The van der Waals surface area contributed by atoms with Crippen LogP contribution in [0.25, 0.3) is 0 Å². The molecule has 0 unspecified atom stereocenters. The summed E-state index contributed by atoms with van der Waals surface area (Å²) in [4.78, 5) is 0. The Kier molecular flexibility index (Phi) is 6.09. The molecule has 4 aliphatic carbocycles. The molecule has 0 radical (unpaired) electrons. The van der Waals surface area contributed by atoms with E-state index in [-0.39, 0.29) is 28.5 Å². The molecule has 2 heteroatoms. The fraction of sp³-hybridized carbons (Fsp3) is 0.862. The van der Waals surface area contributed by atoms with Gasteiger partial charge in [-0.1, -0.05) is 79.4 Å². The van der Waals surface area contributed by atoms with Crippen molar-refractivity contribution in [3.8, 4) is 0 Å². The van der Waals surface area contributed by atoms with Gasteiger partial charge in [0.1, 0.15) is 0 Å². The van der Waals surface area contributed by atoms with Crippen molar-refractivity contribution >= 4 is 0 Å². The Bertz CT molecular complexity index is 759. The maximum Gasteiger partial charge on any atom is 0.0766 e. The molecule has 0 bridgehead atoms. The zero-order valence-electron chi connectivity index (χ0n) is 21.3. The number of fused-ring (bicyclic) bond motifs is 4. The number of hydrogen-bond acceptors (Lipinski definition) is 2. The van der Waals surface area contributed by atoms with Crippen LogP contribution in [0.5, 0.6) is 0 Å². The van der Waals surface area contributed by atoms with E-state index in [4.69, 9.17) is 0 Å². The summed E-state index contributed by atoms with van der Waals surface area (Å²) in [6.07, 6.45) is 12.3. The summed E-state index contributed by atoms with van der Waals surface area (Å²) in [6.45, 7) is 16.6. The van der Waals surface area contributed by atoms with Gasteiger partial charge >= 0.3 is 0 Å². The lowest BCUT2D eigenvalue weighted by atomic mass is 9.46. The zero-order valence-corrected chi connectivity index (χ0v) is 21.3. The first kappa shape index (κ1) is 23.6. The first-order valence-electron chi connectivity index (χ1n) is 13.2. The molecule has 31 heavy (non-hydrogen) atoms. The second-order valence-electron chi connectivity index (χ2n) is 13.2. The van der Waals surface area contributed by atoms with E-state index in [1.807, 2.05) is 0 Å². The topological polar surface area (TPSA) is 40.5 Å². The molecule has 0 saturated heterocycles. The Morgan fingerprint density at radius 3 is 2.32 bits per heavy atom. The third-order valence-electron chi connectivity index (χ3n) is 10.5. The number of hydrogen-bond donors (Lipinski definition) is 2. The van der Waals surface area contributed by atoms with Crippen LogP contribution in [-0.2, 0) is 0 Å². The lowest BCUT2D eigenvalue weighted by Gasteiger charge is -2.59. The van der Waals surface area contributed by atoms with Gasteiger partial charge in [0.05, 0.1) is 12.2 Å². The van der Waals surface area contributed by atoms with Crippen LogP contribution in [0.15, 0.2) is 22.8 Å². The van der Waals surface area contributed by atoms with Gasteiger partial charge in [0.25, 0.3) is 0 Å². The first-order chi connectivity index (χ1) is 14.4. The van der Waals surface area contributed by atoms with Crippen LogP contribution in [0.3, 0.4) is 0 Å². The molecule has 4 aliphatic rings. The third-order valence-corrected chi connectivity index (χ3v) is 10.5. The van der Waals surface area contributed by atoms with Crippen molar-refractivity contribution in [2.75, 3.05) is 0 Å². The van der Waals surface area contributed by atoms with Gasteiger partial charge in [-0.05, 0) is 83.7 Å². The standard InChI is InChI=1S/C29H48O2/c1-18(2)9-8-10-19(3)26-23(30)17-22-20-11-12-24-27(4,5)25(31)14-16-28(24,6)21(20)13-15-29(22,26)7/h17-19,23-26,30-31H,8-16H2,1-7H3/t19-,23+,24+,25+,26+,28-,29+/m1/s1. The van der Waals surface area contributed by atoms with Gasteiger partial charge < -0.3 is 10.2 Å². The van der Waals surface area contributed by atoms with Crippen LogP contribution < -0.4 is 0 Å².